The first-order valence-electron chi connectivity index (χ1n) is 11.4. The van der Waals surface area contributed by atoms with Crippen LogP contribution in [0.3, 0.4) is 0 Å². The van der Waals surface area contributed by atoms with Crippen LogP contribution in [0.2, 0.25) is 0 Å². The highest BCUT2D eigenvalue weighted by atomic mass is 16.5. The molecule has 1 aliphatic rings. The highest BCUT2D eigenvalue weighted by molar-refractivity contribution is 5.77. The number of rotatable bonds is 10. The fraction of sp³-hybridized carbons (Fsp3) is 0.583. The summed E-state index contributed by atoms with van der Waals surface area (Å²) >= 11 is 0. The van der Waals surface area contributed by atoms with Gasteiger partial charge in [-0.25, -0.2) is 0 Å². The summed E-state index contributed by atoms with van der Waals surface area (Å²) in [6.45, 7) is 9.69. The Kier molecular flexibility index (Phi) is 8.25. The molecule has 1 fully saturated rings. The summed E-state index contributed by atoms with van der Waals surface area (Å²) in [6.07, 6.45) is 3.53. The Balaban J connectivity index is 1.41. The number of hydrogen-bond donors (Lipinski definition) is 0. The number of likely N-dealkylation sites (tertiary alicyclic amines) is 1. The number of amides is 2. The summed E-state index contributed by atoms with van der Waals surface area (Å²) < 4.78 is 11.0. The quantitative estimate of drug-likeness (QED) is 0.524. The molecule has 8 nitrogen and oxygen atoms in total. The van der Waals surface area contributed by atoms with Crippen LogP contribution in [0.25, 0.3) is 0 Å². The lowest BCUT2D eigenvalue weighted by Crippen LogP contribution is -2.41. The molecular weight excluding hydrogens is 408 g/mol. The maximum Gasteiger partial charge on any atom is 0.226 e. The van der Waals surface area contributed by atoms with Crippen LogP contribution in [0.4, 0.5) is 0 Å². The molecular formula is C24H34N4O4. The van der Waals surface area contributed by atoms with E-state index in [0.717, 1.165) is 30.6 Å². The van der Waals surface area contributed by atoms with E-state index in [-0.39, 0.29) is 17.9 Å². The van der Waals surface area contributed by atoms with Gasteiger partial charge in [0.2, 0.25) is 17.7 Å². The van der Waals surface area contributed by atoms with Crippen molar-refractivity contribution in [3.63, 3.8) is 0 Å². The first-order chi connectivity index (χ1) is 15.4. The maximum atomic E-state index is 12.7. The topological polar surface area (TPSA) is 88.8 Å². The van der Waals surface area contributed by atoms with E-state index in [4.69, 9.17) is 9.26 Å². The highest BCUT2D eigenvalue weighted by Gasteiger charge is 2.32. The zero-order valence-corrected chi connectivity index (χ0v) is 19.6. The van der Waals surface area contributed by atoms with Crippen LogP contribution in [0, 0.1) is 13.8 Å². The van der Waals surface area contributed by atoms with E-state index in [1.165, 1.54) is 5.56 Å². The lowest BCUT2D eigenvalue weighted by Gasteiger charge is -2.26. The molecule has 0 aliphatic carbocycles. The van der Waals surface area contributed by atoms with Gasteiger partial charge in [0.05, 0.1) is 19.2 Å². The van der Waals surface area contributed by atoms with Gasteiger partial charge in [0.25, 0.3) is 0 Å². The molecule has 3 rings (SSSR count). The van der Waals surface area contributed by atoms with Crippen LogP contribution in [0.15, 0.2) is 22.7 Å². The molecule has 2 amide bonds. The third-order valence-electron chi connectivity index (χ3n) is 5.87. The minimum absolute atomic E-state index is 0.0207. The van der Waals surface area contributed by atoms with Crippen molar-refractivity contribution in [1.29, 1.82) is 0 Å². The molecule has 0 saturated carbocycles. The summed E-state index contributed by atoms with van der Waals surface area (Å²) in [5.74, 6) is 2.07. The first-order valence-corrected chi connectivity index (χ1v) is 11.4. The largest absolute Gasteiger partial charge is 0.493 e. The van der Waals surface area contributed by atoms with Gasteiger partial charge < -0.3 is 19.1 Å². The Morgan fingerprint density at radius 1 is 1.28 bits per heavy atom. The fourth-order valence-electron chi connectivity index (χ4n) is 3.95. The second-order valence-electron chi connectivity index (χ2n) is 8.46. The van der Waals surface area contributed by atoms with Gasteiger partial charge in [0, 0.05) is 32.9 Å². The first kappa shape index (κ1) is 23.8. The second kappa shape index (κ2) is 11.1. The standard InChI is InChI=1S/C24H34N4O4/c1-5-23-25-22(26-32-23)16-28(19(4)29)20-11-12-27(15-20)24(30)8-6-7-13-31-21-14-17(2)9-10-18(21)3/h9-10,14,20H,5-8,11-13,15-16H2,1-4H3/t20-/m0/s1. The summed E-state index contributed by atoms with van der Waals surface area (Å²) in [5.41, 5.74) is 2.30. The number of ether oxygens (including phenoxy) is 1. The number of benzene rings is 1. The fourth-order valence-corrected chi connectivity index (χ4v) is 3.95. The molecule has 1 saturated heterocycles. The monoisotopic (exact) mass is 442 g/mol. The predicted octanol–water partition coefficient (Wildman–Crippen LogP) is 3.45. The summed E-state index contributed by atoms with van der Waals surface area (Å²) in [5, 5.41) is 3.95. The molecule has 0 unspecified atom stereocenters. The molecule has 2 heterocycles. The van der Waals surface area contributed by atoms with Crippen LogP contribution >= 0.6 is 0 Å². The van der Waals surface area contributed by atoms with Crippen LogP contribution < -0.4 is 4.74 Å². The van der Waals surface area contributed by atoms with Crippen molar-refractivity contribution in [1.82, 2.24) is 19.9 Å². The summed E-state index contributed by atoms with van der Waals surface area (Å²) in [7, 11) is 0. The number of hydrogen-bond acceptors (Lipinski definition) is 6. The zero-order valence-electron chi connectivity index (χ0n) is 19.6. The third-order valence-corrected chi connectivity index (χ3v) is 5.87. The predicted molar refractivity (Wildman–Crippen MR) is 120 cm³/mol. The van der Waals surface area contributed by atoms with Crippen molar-refractivity contribution in [2.24, 2.45) is 0 Å². The summed E-state index contributed by atoms with van der Waals surface area (Å²) in [6, 6.07) is 6.15. The third kappa shape index (κ3) is 6.31. The molecule has 1 aliphatic heterocycles. The van der Waals surface area contributed by atoms with E-state index in [2.05, 4.69) is 22.3 Å². The van der Waals surface area contributed by atoms with E-state index >= 15 is 0 Å². The van der Waals surface area contributed by atoms with Crippen LogP contribution in [-0.4, -0.2) is 57.5 Å². The molecule has 2 aromatic rings. The van der Waals surface area contributed by atoms with Gasteiger partial charge in [-0.05, 0) is 50.3 Å². The molecule has 0 radical (unpaired) electrons. The van der Waals surface area contributed by atoms with Gasteiger partial charge >= 0.3 is 0 Å². The van der Waals surface area contributed by atoms with Crippen molar-refractivity contribution in [2.75, 3.05) is 19.7 Å². The molecule has 174 valence electrons. The highest BCUT2D eigenvalue weighted by Crippen LogP contribution is 2.21. The van der Waals surface area contributed by atoms with Gasteiger partial charge in [0.15, 0.2) is 5.82 Å². The maximum absolute atomic E-state index is 12.7. The second-order valence-corrected chi connectivity index (χ2v) is 8.46. The number of unbranched alkanes of at least 4 members (excludes halogenated alkanes) is 1. The van der Waals surface area contributed by atoms with Crippen molar-refractivity contribution in [3.8, 4) is 5.75 Å². The molecule has 1 aromatic heterocycles. The van der Waals surface area contributed by atoms with Crippen LogP contribution in [0.1, 0.15) is 62.4 Å². The smallest absolute Gasteiger partial charge is 0.226 e. The van der Waals surface area contributed by atoms with E-state index in [1.54, 1.807) is 11.8 Å². The van der Waals surface area contributed by atoms with E-state index < -0.39 is 0 Å². The molecule has 0 spiro atoms. The van der Waals surface area contributed by atoms with Crippen LogP contribution in [-0.2, 0) is 22.6 Å². The Hall–Kier alpha value is -2.90. The number of aryl methyl sites for hydroxylation is 3. The van der Waals surface area contributed by atoms with Crippen molar-refractivity contribution in [3.05, 3.63) is 41.0 Å². The summed E-state index contributed by atoms with van der Waals surface area (Å²) in [4.78, 5) is 32.8. The minimum atomic E-state index is -0.0456. The minimum Gasteiger partial charge on any atom is -0.493 e. The lowest BCUT2D eigenvalue weighted by atomic mass is 10.1. The Morgan fingerprint density at radius 3 is 2.81 bits per heavy atom. The molecule has 8 heteroatoms. The zero-order chi connectivity index (χ0) is 23.1. The van der Waals surface area contributed by atoms with E-state index in [0.29, 0.717) is 50.8 Å². The lowest BCUT2D eigenvalue weighted by molar-refractivity contribution is -0.134. The molecule has 32 heavy (non-hydrogen) atoms. The number of aromatic nitrogens is 2. The van der Waals surface area contributed by atoms with Crippen molar-refractivity contribution >= 4 is 11.8 Å². The Bertz CT molecular complexity index is 926. The van der Waals surface area contributed by atoms with Gasteiger partial charge in [-0.15, -0.1) is 0 Å². The number of carbonyl (C=O) groups excluding carboxylic acids is 2. The molecule has 1 aromatic carbocycles. The number of nitrogens with zero attached hydrogens (tertiary/aromatic N) is 4. The van der Waals surface area contributed by atoms with Gasteiger partial charge in [0.1, 0.15) is 5.75 Å². The van der Waals surface area contributed by atoms with E-state index in [1.807, 2.05) is 31.7 Å². The SMILES string of the molecule is CCc1nc(CN(C(C)=O)[C@H]2CCN(C(=O)CCCCOc3cc(C)ccc3C)C2)no1. The van der Waals surface area contributed by atoms with Gasteiger partial charge in [-0.3, -0.25) is 9.59 Å². The van der Waals surface area contributed by atoms with Gasteiger partial charge in [-0.2, -0.15) is 4.98 Å². The van der Waals surface area contributed by atoms with E-state index in [9.17, 15) is 9.59 Å². The normalized spacial score (nSPS) is 15.8. The number of carbonyl (C=O) groups is 2. The molecule has 0 bridgehead atoms. The molecule has 0 N–H and O–H groups in total. The Labute approximate surface area is 189 Å². The van der Waals surface area contributed by atoms with Crippen molar-refractivity contribution < 1.29 is 18.8 Å². The average molecular weight is 443 g/mol. The van der Waals surface area contributed by atoms with Crippen LogP contribution in [0.5, 0.6) is 5.75 Å². The van der Waals surface area contributed by atoms with Gasteiger partial charge in [-0.1, -0.05) is 24.2 Å². The molecule has 1 atom stereocenters. The van der Waals surface area contributed by atoms with Crippen molar-refractivity contribution in [2.45, 2.75) is 72.4 Å². The Morgan fingerprint density at radius 2 is 2.09 bits per heavy atom. The average Bonchev–Trinajstić information content (AvgIpc) is 3.43.